The van der Waals surface area contributed by atoms with Crippen LogP contribution >= 0.6 is 23.2 Å². The largest absolute Gasteiger partial charge is 0.419 e. The molecule has 0 aliphatic carbocycles. The van der Waals surface area contributed by atoms with E-state index in [4.69, 9.17) is 27.6 Å². The van der Waals surface area contributed by atoms with Gasteiger partial charge in [0.05, 0.1) is 16.7 Å². The molecule has 0 aliphatic rings. The van der Waals surface area contributed by atoms with Crippen LogP contribution in [0.3, 0.4) is 0 Å². The van der Waals surface area contributed by atoms with Gasteiger partial charge in [-0.1, -0.05) is 23.2 Å². The summed E-state index contributed by atoms with van der Waals surface area (Å²) in [7, 11) is 2.91. The highest BCUT2D eigenvalue weighted by atomic mass is 35.5. The second-order valence-electron chi connectivity index (χ2n) is 6.68. The number of aromatic nitrogens is 6. The Balaban J connectivity index is 1.81. The van der Waals surface area contributed by atoms with Crippen molar-refractivity contribution in [3.63, 3.8) is 0 Å². The minimum absolute atomic E-state index is 0.00598. The number of rotatable bonds is 6. The van der Waals surface area contributed by atoms with E-state index in [0.717, 1.165) is 4.57 Å². The van der Waals surface area contributed by atoms with Crippen molar-refractivity contribution in [1.29, 1.82) is 0 Å². The standard InChI is InChI=1S/C18H17Cl2N7O4/c1-25-14-13(16(29)26(2)18(25)30)27(17(22-14)21-5-6-28)8-12-23-24-15(31-12)9-3-4-10(19)11(20)7-9/h3-4,7,28H,5-6,8H2,1-2H3,(H,21,22). The molecule has 4 rings (SSSR count). The number of imidazole rings is 1. The lowest BCUT2D eigenvalue weighted by molar-refractivity contribution is 0.310. The Morgan fingerprint density at radius 3 is 2.61 bits per heavy atom. The van der Waals surface area contributed by atoms with E-state index in [2.05, 4.69) is 20.5 Å². The molecule has 162 valence electrons. The fourth-order valence-corrected chi connectivity index (χ4v) is 3.40. The first-order valence-electron chi connectivity index (χ1n) is 9.10. The van der Waals surface area contributed by atoms with E-state index in [1.165, 1.54) is 23.2 Å². The Labute approximate surface area is 184 Å². The molecule has 2 N–H and O–H groups in total. The number of hydrogen-bond acceptors (Lipinski definition) is 8. The molecule has 0 fully saturated rings. The molecule has 11 nitrogen and oxygen atoms in total. The van der Waals surface area contributed by atoms with Crippen molar-refractivity contribution < 1.29 is 9.52 Å². The molecule has 0 aliphatic heterocycles. The predicted octanol–water partition coefficient (Wildman–Crippen LogP) is 1.24. The molecule has 4 aromatic rings. The van der Waals surface area contributed by atoms with Gasteiger partial charge in [0, 0.05) is 26.2 Å². The van der Waals surface area contributed by atoms with E-state index in [9.17, 15) is 14.7 Å². The van der Waals surface area contributed by atoms with Crippen LogP contribution in [-0.4, -0.2) is 47.1 Å². The van der Waals surface area contributed by atoms with Crippen molar-refractivity contribution >= 4 is 40.3 Å². The Morgan fingerprint density at radius 1 is 1.13 bits per heavy atom. The van der Waals surface area contributed by atoms with Crippen molar-refractivity contribution in [1.82, 2.24) is 28.9 Å². The van der Waals surface area contributed by atoms with Crippen LogP contribution in [-0.2, 0) is 20.6 Å². The van der Waals surface area contributed by atoms with Crippen LogP contribution in [0.5, 0.6) is 0 Å². The maximum atomic E-state index is 12.8. The lowest BCUT2D eigenvalue weighted by Gasteiger charge is -2.08. The first kappa shape index (κ1) is 21.1. The summed E-state index contributed by atoms with van der Waals surface area (Å²) in [6.07, 6.45) is 0. The number of aliphatic hydroxyl groups is 1. The van der Waals surface area contributed by atoms with Crippen molar-refractivity contribution in [3.05, 3.63) is 55.0 Å². The number of fused-ring (bicyclic) bond motifs is 1. The Bertz CT molecular complexity index is 1400. The number of aryl methyl sites for hydroxylation is 1. The molecule has 3 heterocycles. The number of nitrogens with zero attached hydrogens (tertiary/aromatic N) is 6. The fourth-order valence-electron chi connectivity index (χ4n) is 3.10. The number of benzene rings is 1. The van der Waals surface area contributed by atoms with Crippen LogP contribution < -0.4 is 16.6 Å². The molecule has 13 heteroatoms. The zero-order valence-electron chi connectivity index (χ0n) is 16.5. The molecule has 0 amide bonds. The van der Waals surface area contributed by atoms with Gasteiger partial charge in [0.1, 0.15) is 6.54 Å². The molecule has 31 heavy (non-hydrogen) atoms. The highest BCUT2D eigenvalue weighted by Crippen LogP contribution is 2.28. The molecular weight excluding hydrogens is 449 g/mol. The van der Waals surface area contributed by atoms with Crippen molar-refractivity contribution in [2.75, 3.05) is 18.5 Å². The number of hydrogen-bond donors (Lipinski definition) is 2. The van der Waals surface area contributed by atoms with Gasteiger partial charge in [-0.2, -0.15) is 4.98 Å². The van der Waals surface area contributed by atoms with Gasteiger partial charge in [-0.05, 0) is 18.2 Å². The summed E-state index contributed by atoms with van der Waals surface area (Å²) in [5.74, 6) is 0.697. The highest BCUT2D eigenvalue weighted by Gasteiger charge is 2.21. The van der Waals surface area contributed by atoms with E-state index in [1.807, 2.05) is 0 Å². The molecule has 3 aromatic heterocycles. The van der Waals surface area contributed by atoms with E-state index in [0.29, 0.717) is 15.6 Å². The molecule has 0 unspecified atom stereocenters. The van der Waals surface area contributed by atoms with Crippen LogP contribution in [0.1, 0.15) is 5.89 Å². The second-order valence-corrected chi connectivity index (χ2v) is 7.49. The molecule has 1 aromatic carbocycles. The van der Waals surface area contributed by atoms with E-state index >= 15 is 0 Å². The van der Waals surface area contributed by atoms with Crippen LogP contribution in [0.4, 0.5) is 5.95 Å². The van der Waals surface area contributed by atoms with E-state index in [1.54, 1.807) is 18.2 Å². The van der Waals surface area contributed by atoms with Gasteiger partial charge < -0.3 is 14.8 Å². The van der Waals surface area contributed by atoms with Crippen molar-refractivity contribution in [3.8, 4) is 11.5 Å². The SMILES string of the molecule is Cn1c(=O)c2c(nc(NCCO)n2Cc2nnc(-c3ccc(Cl)c(Cl)c3)o2)n(C)c1=O. The third-order valence-electron chi connectivity index (χ3n) is 4.67. The highest BCUT2D eigenvalue weighted by molar-refractivity contribution is 6.42. The van der Waals surface area contributed by atoms with Gasteiger partial charge in [-0.25, -0.2) is 4.79 Å². The van der Waals surface area contributed by atoms with Crippen LogP contribution in [0.25, 0.3) is 22.6 Å². The molecule has 0 spiro atoms. The monoisotopic (exact) mass is 465 g/mol. The molecule has 0 saturated carbocycles. The summed E-state index contributed by atoms with van der Waals surface area (Å²) in [6, 6.07) is 4.92. The molecule has 0 atom stereocenters. The van der Waals surface area contributed by atoms with Gasteiger partial charge in [0.15, 0.2) is 11.2 Å². The number of aliphatic hydroxyl groups excluding tert-OH is 1. The Hall–Kier alpha value is -3.15. The predicted molar refractivity (Wildman–Crippen MR) is 115 cm³/mol. The van der Waals surface area contributed by atoms with Crippen molar-refractivity contribution in [2.45, 2.75) is 6.54 Å². The lowest BCUT2D eigenvalue weighted by Crippen LogP contribution is -2.37. The molecule has 0 bridgehead atoms. The summed E-state index contributed by atoms with van der Waals surface area (Å²) in [6.45, 7) is 0.0458. The summed E-state index contributed by atoms with van der Waals surface area (Å²) in [5, 5.41) is 20.9. The first-order chi connectivity index (χ1) is 14.8. The minimum atomic E-state index is -0.521. The Kier molecular flexibility index (Phi) is 5.56. The first-order valence-corrected chi connectivity index (χ1v) is 9.86. The van der Waals surface area contributed by atoms with Crippen LogP contribution in [0.15, 0.2) is 32.2 Å². The zero-order valence-corrected chi connectivity index (χ0v) is 18.0. The van der Waals surface area contributed by atoms with Crippen LogP contribution in [0, 0.1) is 0 Å². The minimum Gasteiger partial charge on any atom is -0.419 e. The summed E-state index contributed by atoms with van der Waals surface area (Å²) < 4.78 is 9.53. The summed E-state index contributed by atoms with van der Waals surface area (Å²) in [4.78, 5) is 29.4. The second kappa shape index (κ2) is 8.17. The average molecular weight is 466 g/mol. The fraction of sp³-hybridized carbons (Fsp3) is 0.278. The van der Waals surface area contributed by atoms with Gasteiger partial charge in [0.2, 0.25) is 17.7 Å². The number of halogens is 2. The molecule has 0 saturated heterocycles. The maximum Gasteiger partial charge on any atom is 0.332 e. The van der Waals surface area contributed by atoms with Gasteiger partial charge in [-0.3, -0.25) is 18.5 Å². The van der Waals surface area contributed by atoms with Gasteiger partial charge >= 0.3 is 5.69 Å². The molecular formula is C18H17Cl2N7O4. The van der Waals surface area contributed by atoms with E-state index in [-0.39, 0.29) is 48.6 Å². The average Bonchev–Trinajstić information content (AvgIpc) is 3.36. The quantitative estimate of drug-likeness (QED) is 0.434. The van der Waals surface area contributed by atoms with Crippen molar-refractivity contribution in [2.24, 2.45) is 14.1 Å². The molecule has 0 radical (unpaired) electrons. The van der Waals surface area contributed by atoms with Gasteiger partial charge in [-0.15, -0.1) is 10.2 Å². The Morgan fingerprint density at radius 2 is 1.90 bits per heavy atom. The normalized spacial score (nSPS) is 11.4. The third kappa shape index (κ3) is 3.71. The number of anilines is 1. The third-order valence-corrected chi connectivity index (χ3v) is 5.41. The zero-order chi connectivity index (χ0) is 22.3. The lowest BCUT2D eigenvalue weighted by atomic mass is 10.2. The number of nitrogens with one attached hydrogen (secondary N) is 1. The summed E-state index contributed by atoms with van der Waals surface area (Å²) in [5.41, 5.74) is -0.0694. The topological polar surface area (TPSA) is 133 Å². The summed E-state index contributed by atoms with van der Waals surface area (Å²) >= 11 is 12.0. The smallest absolute Gasteiger partial charge is 0.332 e. The maximum absolute atomic E-state index is 12.8. The van der Waals surface area contributed by atoms with Gasteiger partial charge in [0.25, 0.3) is 5.56 Å². The van der Waals surface area contributed by atoms with E-state index < -0.39 is 11.2 Å². The van der Waals surface area contributed by atoms with Crippen LogP contribution in [0.2, 0.25) is 10.0 Å².